The lowest BCUT2D eigenvalue weighted by Gasteiger charge is -2.18. The van der Waals surface area contributed by atoms with Crippen molar-refractivity contribution in [2.24, 2.45) is 0 Å². The van der Waals surface area contributed by atoms with Gasteiger partial charge in [-0.2, -0.15) is 0 Å². The van der Waals surface area contributed by atoms with E-state index in [1.54, 1.807) is 4.90 Å². The lowest BCUT2D eigenvalue weighted by molar-refractivity contribution is -0.126. The van der Waals surface area contributed by atoms with Gasteiger partial charge in [-0.05, 0) is 61.6 Å². The van der Waals surface area contributed by atoms with Crippen LogP contribution in [0, 0.1) is 20.8 Å². The number of hydrogen-bond acceptors (Lipinski definition) is 2. The molecule has 1 atom stereocenters. The lowest BCUT2D eigenvalue weighted by atomic mass is 10.1. The summed E-state index contributed by atoms with van der Waals surface area (Å²) in [6.45, 7) is 6.68. The second-order valence-electron chi connectivity index (χ2n) is 6.85. The molecule has 1 heterocycles. The minimum absolute atomic E-state index is 0.0249. The number of aryl methyl sites for hydroxylation is 3. The number of nitrogens with zero attached hydrogens (tertiary/aromatic N) is 1. The molecule has 1 unspecified atom stereocenters. The van der Waals surface area contributed by atoms with Crippen LogP contribution in [0.15, 0.2) is 42.5 Å². The maximum Gasteiger partial charge on any atom is 0.249 e. The van der Waals surface area contributed by atoms with Crippen LogP contribution in [0.5, 0.6) is 0 Å². The molecule has 2 amide bonds. The van der Waals surface area contributed by atoms with E-state index in [9.17, 15) is 9.59 Å². The summed E-state index contributed by atoms with van der Waals surface area (Å²) < 4.78 is 0. The van der Waals surface area contributed by atoms with E-state index in [0.717, 1.165) is 27.9 Å². The van der Waals surface area contributed by atoms with Crippen molar-refractivity contribution < 1.29 is 9.59 Å². The van der Waals surface area contributed by atoms with Crippen molar-refractivity contribution in [3.63, 3.8) is 0 Å². The van der Waals surface area contributed by atoms with Gasteiger partial charge in [-0.25, -0.2) is 0 Å². The fraction of sp³-hybridized carbons (Fsp3) is 0.333. The zero-order valence-corrected chi connectivity index (χ0v) is 15.0. The normalized spacial score (nSPS) is 17.0. The number of nitrogens with one attached hydrogen (secondary N) is 1. The van der Waals surface area contributed by atoms with Gasteiger partial charge in [0.1, 0.15) is 6.04 Å². The van der Waals surface area contributed by atoms with E-state index in [1.807, 2.05) is 57.2 Å². The largest absolute Gasteiger partial charge is 0.344 e. The molecule has 3 rings (SSSR count). The summed E-state index contributed by atoms with van der Waals surface area (Å²) in [7, 11) is 0. The molecular weight excluding hydrogens is 312 g/mol. The molecule has 1 aliphatic heterocycles. The molecule has 2 aromatic rings. The van der Waals surface area contributed by atoms with Gasteiger partial charge in [0, 0.05) is 12.2 Å². The topological polar surface area (TPSA) is 49.4 Å². The summed E-state index contributed by atoms with van der Waals surface area (Å²) in [4.78, 5) is 26.8. The molecule has 0 aromatic heterocycles. The molecule has 0 saturated carbocycles. The van der Waals surface area contributed by atoms with Crippen molar-refractivity contribution in [3.8, 4) is 0 Å². The van der Waals surface area contributed by atoms with Crippen LogP contribution in [0.3, 0.4) is 0 Å². The molecule has 4 heteroatoms. The first-order valence-electron chi connectivity index (χ1n) is 8.67. The van der Waals surface area contributed by atoms with Gasteiger partial charge in [0.05, 0.1) is 6.42 Å². The van der Waals surface area contributed by atoms with E-state index in [4.69, 9.17) is 0 Å². The molecule has 25 heavy (non-hydrogen) atoms. The summed E-state index contributed by atoms with van der Waals surface area (Å²) in [6, 6.07) is 13.5. The van der Waals surface area contributed by atoms with Crippen molar-refractivity contribution in [1.82, 2.24) is 5.32 Å². The molecule has 2 aromatic carbocycles. The van der Waals surface area contributed by atoms with E-state index >= 15 is 0 Å². The van der Waals surface area contributed by atoms with Crippen LogP contribution in [-0.2, 0) is 16.0 Å². The van der Waals surface area contributed by atoms with Crippen LogP contribution < -0.4 is 10.2 Å². The van der Waals surface area contributed by atoms with Gasteiger partial charge in [-0.1, -0.05) is 30.3 Å². The van der Waals surface area contributed by atoms with Gasteiger partial charge < -0.3 is 10.2 Å². The standard InChI is InChI=1S/C21H24N2O2/c1-14-10-15(2)12-18(11-14)23-9-8-19(21(23)25)22-20(24)13-17-7-5-4-6-16(17)3/h4-7,10-12,19H,8-9,13H2,1-3H3,(H,22,24). The van der Waals surface area contributed by atoms with Gasteiger partial charge in [-0.15, -0.1) is 0 Å². The summed E-state index contributed by atoms with van der Waals surface area (Å²) >= 11 is 0. The summed E-state index contributed by atoms with van der Waals surface area (Å²) in [6.07, 6.45) is 0.950. The Labute approximate surface area is 148 Å². The van der Waals surface area contributed by atoms with Gasteiger partial charge in [0.25, 0.3) is 0 Å². The molecule has 1 fully saturated rings. The minimum Gasteiger partial charge on any atom is -0.344 e. The van der Waals surface area contributed by atoms with Crippen molar-refractivity contribution in [3.05, 3.63) is 64.7 Å². The Kier molecular flexibility index (Phi) is 4.88. The predicted octanol–water partition coefficient (Wildman–Crippen LogP) is 3.08. The number of carbonyl (C=O) groups excluding carboxylic acids is 2. The lowest BCUT2D eigenvalue weighted by Crippen LogP contribution is -2.42. The molecule has 1 aliphatic rings. The highest BCUT2D eigenvalue weighted by atomic mass is 16.2. The van der Waals surface area contributed by atoms with E-state index in [0.29, 0.717) is 19.4 Å². The summed E-state index contributed by atoms with van der Waals surface area (Å²) in [5.41, 5.74) is 5.27. The fourth-order valence-corrected chi connectivity index (χ4v) is 3.40. The fourth-order valence-electron chi connectivity index (χ4n) is 3.40. The molecule has 0 spiro atoms. The number of benzene rings is 2. The highest BCUT2D eigenvalue weighted by Crippen LogP contribution is 2.24. The number of hydrogen-bond donors (Lipinski definition) is 1. The van der Waals surface area contributed by atoms with Crippen LogP contribution in [-0.4, -0.2) is 24.4 Å². The number of carbonyl (C=O) groups is 2. The molecule has 1 saturated heterocycles. The molecule has 4 nitrogen and oxygen atoms in total. The zero-order chi connectivity index (χ0) is 18.0. The number of anilines is 1. The van der Waals surface area contributed by atoms with Crippen molar-refractivity contribution >= 4 is 17.5 Å². The molecule has 130 valence electrons. The Bertz CT molecular complexity index is 793. The highest BCUT2D eigenvalue weighted by molar-refractivity contribution is 6.01. The SMILES string of the molecule is Cc1cc(C)cc(N2CCC(NC(=O)Cc3ccccc3C)C2=O)c1. The van der Waals surface area contributed by atoms with Crippen molar-refractivity contribution in [2.75, 3.05) is 11.4 Å². The molecule has 1 N–H and O–H groups in total. The van der Waals surface area contributed by atoms with Gasteiger partial charge in [-0.3, -0.25) is 9.59 Å². The quantitative estimate of drug-likeness (QED) is 0.933. The Morgan fingerprint density at radius 2 is 1.80 bits per heavy atom. The van der Waals surface area contributed by atoms with E-state index in [2.05, 4.69) is 11.4 Å². The van der Waals surface area contributed by atoms with Crippen LogP contribution >= 0.6 is 0 Å². The molecular formula is C21H24N2O2. The Balaban J connectivity index is 1.66. The zero-order valence-electron chi connectivity index (χ0n) is 15.0. The van der Waals surface area contributed by atoms with Gasteiger partial charge in [0.15, 0.2) is 0 Å². The van der Waals surface area contributed by atoms with Crippen LogP contribution in [0.4, 0.5) is 5.69 Å². The van der Waals surface area contributed by atoms with Gasteiger partial charge >= 0.3 is 0 Å². The van der Waals surface area contributed by atoms with Crippen molar-refractivity contribution in [2.45, 2.75) is 39.7 Å². The second kappa shape index (κ2) is 7.09. The third-order valence-corrected chi connectivity index (χ3v) is 4.67. The molecule has 0 radical (unpaired) electrons. The highest BCUT2D eigenvalue weighted by Gasteiger charge is 2.33. The first kappa shape index (κ1) is 17.2. The smallest absolute Gasteiger partial charge is 0.249 e. The Morgan fingerprint density at radius 1 is 1.12 bits per heavy atom. The maximum atomic E-state index is 12.7. The monoisotopic (exact) mass is 336 g/mol. The first-order chi connectivity index (χ1) is 11.9. The first-order valence-corrected chi connectivity index (χ1v) is 8.67. The van der Waals surface area contributed by atoms with E-state index in [1.165, 1.54) is 0 Å². The maximum absolute atomic E-state index is 12.7. The van der Waals surface area contributed by atoms with E-state index in [-0.39, 0.29) is 11.8 Å². The summed E-state index contributed by atoms with van der Waals surface area (Å²) in [5, 5.41) is 2.90. The Morgan fingerprint density at radius 3 is 2.48 bits per heavy atom. The van der Waals surface area contributed by atoms with E-state index < -0.39 is 6.04 Å². The van der Waals surface area contributed by atoms with Crippen molar-refractivity contribution in [1.29, 1.82) is 0 Å². The average molecular weight is 336 g/mol. The Hall–Kier alpha value is -2.62. The second-order valence-corrected chi connectivity index (χ2v) is 6.85. The molecule has 0 aliphatic carbocycles. The molecule has 0 bridgehead atoms. The average Bonchev–Trinajstić information content (AvgIpc) is 2.89. The number of rotatable bonds is 4. The van der Waals surface area contributed by atoms with Crippen LogP contribution in [0.2, 0.25) is 0 Å². The number of amides is 2. The third-order valence-electron chi connectivity index (χ3n) is 4.67. The van der Waals surface area contributed by atoms with Crippen LogP contribution in [0.25, 0.3) is 0 Å². The van der Waals surface area contributed by atoms with Gasteiger partial charge in [0.2, 0.25) is 11.8 Å². The minimum atomic E-state index is -0.433. The summed E-state index contributed by atoms with van der Waals surface area (Å²) in [5.74, 6) is -0.127. The predicted molar refractivity (Wildman–Crippen MR) is 99.7 cm³/mol. The van der Waals surface area contributed by atoms with Crippen LogP contribution in [0.1, 0.15) is 28.7 Å². The third kappa shape index (κ3) is 3.90.